The number of benzene rings is 3. The van der Waals surface area contributed by atoms with E-state index in [1.807, 2.05) is 0 Å². The summed E-state index contributed by atoms with van der Waals surface area (Å²) >= 11 is 6.19. The Kier molecular flexibility index (Phi) is 6.72. The van der Waals surface area contributed by atoms with Gasteiger partial charge in [0.2, 0.25) is 0 Å². The molecule has 0 saturated carbocycles. The van der Waals surface area contributed by atoms with Gasteiger partial charge in [-0.15, -0.1) is 0 Å². The smallest absolute Gasteiger partial charge is 0.265 e. The Hall–Kier alpha value is -3.23. The predicted molar refractivity (Wildman–Crippen MR) is 121 cm³/mol. The zero-order chi connectivity index (χ0) is 22.6. The number of methoxy groups -OCH3 is 2. The maximum absolute atomic E-state index is 13.1. The van der Waals surface area contributed by atoms with Gasteiger partial charge in [0.1, 0.15) is 16.4 Å². The molecule has 0 aliphatic carbocycles. The van der Waals surface area contributed by atoms with E-state index >= 15 is 0 Å². The Bertz CT molecular complexity index is 1200. The SMILES string of the molecule is COc1ccc(OC)c(NC(=O)c2ccc(Cl)c(S(=O)(=O)N(C)c3ccccc3)c2)c1. The number of hydrogen-bond acceptors (Lipinski definition) is 5. The number of carbonyl (C=O) groups excluding carboxylic acids is 1. The van der Waals surface area contributed by atoms with Crippen molar-refractivity contribution in [2.45, 2.75) is 4.90 Å². The molecular formula is C22H21ClN2O5S. The molecule has 7 nitrogen and oxygen atoms in total. The first-order valence-corrected chi connectivity index (χ1v) is 11.0. The van der Waals surface area contributed by atoms with E-state index in [0.717, 1.165) is 4.31 Å². The maximum atomic E-state index is 13.1. The number of halogens is 1. The molecule has 0 spiro atoms. The van der Waals surface area contributed by atoms with E-state index in [-0.39, 0.29) is 15.5 Å². The number of nitrogens with one attached hydrogen (secondary N) is 1. The van der Waals surface area contributed by atoms with Gasteiger partial charge in [-0.2, -0.15) is 0 Å². The van der Waals surface area contributed by atoms with Crippen LogP contribution in [0.2, 0.25) is 5.02 Å². The van der Waals surface area contributed by atoms with E-state index in [0.29, 0.717) is 22.9 Å². The van der Waals surface area contributed by atoms with Gasteiger partial charge in [-0.3, -0.25) is 9.10 Å². The van der Waals surface area contributed by atoms with Crippen molar-refractivity contribution in [3.63, 3.8) is 0 Å². The second-order valence-electron chi connectivity index (χ2n) is 6.47. The van der Waals surface area contributed by atoms with Gasteiger partial charge in [-0.05, 0) is 42.5 Å². The van der Waals surface area contributed by atoms with Gasteiger partial charge in [0, 0.05) is 18.7 Å². The molecule has 3 rings (SSSR count). The van der Waals surface area contributed by atoms with Gasteiger partial charge >= 0.3 is 0 Å². The van der Waals surface area contributed by atoms with E-state index in [9.17, 15) is 13.2 Å². The van der Waals surface area contributed by atoms with E-state index in [4.69, 9.17) is 21.1 Å². The summed E-state index contributed by atoms with van der Waals surface area (Å²) in [4.78, 5) is 12.7. The second kappa shape index (κ2) is 9.28. The molecule has 0 unspecified atom stereocenters. The fourth-order valence-electron chi connectivity index (χ4n) is 2.87. The molecule has 0 fully saturated rings. The number of hydrogen-bond donors (Lipinski definition) is 1. The lowest BCUT2D eigenvalue weighted by molar-refractivity contribution is 0.102. The van der Waals surface area contributed by atoms with Crippen LogP contribution in [0.25, 0.3) is 0 Å². The molecule has 0 aliphatic rings. The summed E-state index contributed by atoms with van der Waals surface area (Å²) in [6.07, 6.45) is 0. The molecule has 0 heterocycles. The van der Waals surface area contributed by atoms with Crippen LogP contribution in [0, 0.1) is 0 Å². The van der Waals surface area contributed by atoms with Gasteiger partial charge in [-0.25, -0.2) is 8.42 Å². The first kappa shape index (κ1) is 22.5. The first-order valence-electron chi connectivity index (χ1n) is 9.15. The van der Waals surface area contributed by atoms with Crippen LogP contribution < -0.4 is 19.1 Å². The van der Waals surface area contributed by atoms with Crippen molar-refractivity contribution in [3.05, 3.63) is 77.3 Å². The van der Waals surface area contributed by atoms with Gasteiger partial charge in [0.05, 0.1) is 30.6 Å². The fourth-order valence-corrected chi connectivity index (χ4v) is 4.57. The third kappa shape index (κ3) is 4.76. The van der Waals surface area contributed by atoms with Crippen LogP contribution >= 0.6 is 11.6 Å². The minimum Gasteiger partial charge on any atom is -0.497 e. The van der Waals surface area contributed by atoms with Gasteiger partial charge < -0.3 is 14.8 Å². The van der Waals surface area contributed by atoms with Crippen LogP contribution in [0.4, 0.5) is 11.4 Å². The topological polar surface area (TPSA) is 84.9 Å². The average molecular weight is 461 g/mol. The van der Waals surface area contributed by atoms with E-state index in [1.165, 1.54) is 39.5 Å². The Labute approximate surface area is 186 Å². The summed E-state index contributed by atoms with van der Waals surface area (Å²) in [5.74, 6) is 0.432. The standard InChI is InChI=1S/C22H21ClN2O5S/c1-25(16-7-5-4-6-8-16)31(27,28)21-13-15(9-11-18(21)23)22(26)24-19-14-17(29-2)10-12-20(19)30-3/h4-14H,1-3H3,(H,24,26). The number of sulfonamides is 1. The second-order valence-corrected chi connectivity index (χ2v) is 8.82. The van der Waals surface area contributed by atoms with Crippen molar-refractivity contribution in [1.29, 1.82) is 0 Å². The highest BCUT2D eigenvalue weighted by molar-refractivity contribution is 7.93. The zero-order valence-electron chi connectivity index (χ0n) is 17.1. The molecule has 0 radical (unpaired) electrons. The quantitative estimate of drug-likeness (QED) is 0.563. The molecule has 31 heavy (non-hydrogen) atoms. The highest BCUT2D eigenvalue weighted by atomic mass is 35.5. The highest BCUT2D eigenvalue weighted by Gasteiger charge is 2.25. The minimum absolute atomic E-state index is 0.0123. The molecule has 1 N–H and O–H groups in total. The summed E-state index contributed by atoms with van der Waals surface area (Å²) in [6, 6.07) is 17.6. The summed E-state index contributed by atoms with van der Waals surface area (Å²) < 4.78 is 37.8. The van der Waals surface area contributed by atoms with Crippen molar-refractivity contribution in [2.24, 2.45) is 0 Å². The Morgan fingerprint density at radius 1 is 0.968 bits per heavy atom. The van der Waals surface area contributed by atoms with Crippen LogP contribution in [0.1, 0.15) is 10.4 Å². The number of nitrogens with zero attached hydrogens (tertiary/aromatic N) is 1. The van der Waals surface area contributed by atoms with E-state index in [2.05, 4.69) is 5.32 Å². The molecule has 0 aromatic heterocycles. The molecule has 0 saturated heterocycles. The Balaban J connectivity index is 1.95. The monoisotopic (exact) mass is 460 g/mol. The van der Waals surface area contributed by atoms with Crippen molar-refractivity contribution < 1.29 is 22.7 Å². The number of ether oxygens (including phenoxy) is 2. The molecule has 162 valence electrons. The summed E-state index contributed by atoms with van der Waals surface area (Å²) in [5, 5.41) is 2.73. The van der Waals surface area contributed by atoms with Gasteiger partial charge in [0.25, 0.3) is 15.9 Å². The number of para-hydroxylation sites is 1. The van der Waals surface area contributed by atoms with Crippen LogP contribution in [0.15, 0.2) is 71.6 Å². The molecule has 0 bridgehead atoms. The minimum atomic E-state index is -4.00. The molecular weight excluding hydrogens is 440 g/mol. The first-order chi connectivity index (χ1) is 14.8. The Morgan fingerprint density at radius 2 is 1.68 bits per heavy atom. The van der Waals surface area contributed by atoms with Crippen molar-refractivity contribution in [2.75, 3.05) is 30.9 Å². The number of anilines is 2. The number of carbonyl (C=O) groups is 1. The molecule has 0 atom stereocenters. The van der Waals surface area contributed by atoms with Crippen LogP contribution in [0.5, 0.6) is 11.5 Å². The lowest BCUT2D eigenvalue weighted by Gasteiger charge is -2.20. The third-order valence-corrected chi connectivity index (χ3v) is 6.87. The molecule has 1 amide bonds. The lowest BCUT2D eigenvalue weighted by atomic mass is 10.2. The van der Waals surface area contributed by atoms with Crippen molar-refractivity contribution in [3.8, 4) is 11.5 Å². The van der Waals surface area contributed by atoms with E-state index in [1.54, 1.807) is 48.5 Å². The lowest BCUT2D eigenvalue weighted by Crippen LogP contribution is -2.27. The van der Waals surface area contributed by atoms with Gasteiger partial charge in [-0.1, -0.05) is 29.8 Å². The highest BCUT2D eigenvalue weighted by Crippen LogP contribution is 2.31. The van der Waals surface area contributed by atoms with Crippen LogP contribution in [-0.4, -0.2) is 35.6 Å². The van der Waals surface area contributed by atoms with Crippen molar-refractivity contribution in [1.82, 2.24) is 0 Å². The van der Waals surface area contributed by atoms with Crippen LogP contribution in [0.3, 0.4) is 0 Å². The van der Waals surface area contributed by atoms with Crippen molar-refractivity contribution >= 4 is 38.9 Å². The molecule has 3 aromatic rings. The number of amides is 1. The number of rotatable bonds is 7. The Morgan fingerprint density at radius 3 is 2.32 bits per heavy atom. The third-order valence-electron chi connectivity index (χ3n) is 4.61. The van der Waals surface area contributed by atoms with E-state index < -0.39 is 15.9 Å². The fraction of sp³-hybridized carbons (Fsp3) is 0.136. The van der Waals surface area contributed by atoms with Gasteiger partial charge in [0.15, 0.2) is 0 Å². The normalized spacial score (nSPS) is 11.0. The summed E-state index contributed by atoms with van der Waals surface area (Å²) in [5.41, 5.74) is 0.969. The predicted octanol–water partition coefficient (Wildman–Crippen LogP) is 4.43. The molecule has 9 heteroatoms. The maximum Gasteiger partial charge on any atom is 0.265 e. The summed E-state index contributed by atoms with van der Waals surface area (Å²) in [6.45, 7) is 0. The largest absolute Gasteiger partial charge is 0.497 e. The molecule has 3 aromatic carbocycles. The summed E-state index contributed by atoms with van der Waals surface area (Å²) in [7, 11) is 0.410. The van der Waals surface area contributed by atoms with Crippen LogP contribution in [-0.2, 0) is 10.0 Å². The zero-order valence-corrected chi connectivity index (χ0v) is 18.7. The molecule has 0 aliphatic heterocycles. The average Bonchev–Trinajstić information content (AvgIpc) is 2.79.